The molecule has 19 heavy (non-hydrogen) atoms. The number of aromatic nitrogens is 1. The summed E-state index contributed by atoms with van der Waals surface area (Å²) in [5.74, 6) is -0.229. The van der Waals surface area contributed by atoms with E-state index in [9.17, 15) is 9.59 Å². The number of hydrogen-bond acceptors (Lipinski definition) is 6. The zero-order valence-electron chi connectivity index (χ0n) is 10.8. The second-order valence-electron chi connectivity index (χ2n) is 3.54. The highest BCUT2D eigenvalue weighted by atomic mass is 33.1. The van der Waals surface area contributed by atoms with Gasteiger partial charge in [0.1, 0.15) is 11.1 Å². The molecule has 104 valence electrons. The molecular weight excluding hydrogens is 284 g/mol. The number of carbonyl (C=O) groups excluding carboxylic acids is 2. The van der Waals surface area contributed by atoms with Gasteiger partial charge in [0.15, 0.2) is 0 Å². The number of ether oxygens (including phenoxy) is 1. The van der Waals surface area contributed by atoms with E-state index in [1.807, 2.05) is 18.2 Å². The molecule has 0 unspecified atom stereocenters. The van der Waals surface area contributed by atoms with E-state index in [2.05, 4.69) is 10.3 Å². The Morgan fingerprint density at radius 2 is 2.26 bits per heavy atom. The molecule has 0 aliphatic rings. The van der Waals surface area contributed by atoms with Gasteiger partial charge in [0.05, 0.1) is 6.61 Å². The predicted octanol–water partition coefficient (Wildman–Crippen LogP) is 1.89. The van der Waals surface area contributed by atoms with Crippen molar-refractivity contribution >= 4 is 33.5 Å². The average molecular weight is 300 g/mol. The largest absolute Gasteiger partial charge is 0.464 e. The Labute approximate surface area is 120 Å². The van der Waals surface area contributed by atoms with Crippen LogP contribution in [0.2, 0.25) is 0 Å². The smallest absolute Gasteiger partial charge is 0.329 e. The molecule has 5 nitrogen and oxygen atoms in total. The predicted molar refractivity (Wildman–Crippen MR) is 76.8 cm³/mol. The molecule has 0 aliphatic heterocycles. The fourth-order valence-corrected chi connectivity index (χ4v) is 3.27. The summed E-state index contributed by atoms with van der Waals surface area (Å²) in [6.07, 6.45) is 1.71. The normalized spacial score (nSPS) is 11.7. The summed E-state index contributed by atoms with van der Waals surface area (Å²) < 4.78 is 4.92. The fourth-order valence-electron chi connectivity index (χ4n) is 1.22. The van der Waals surface area contributed by atoms with Crippen molar-refractivity contribution in [3.05, 3.63) is 24.4 Å². The van der Waals surface area contributed by atoms with Gasteiger partial charge in [0.25, 0.3) is 0 Å². The Kier molecular flexibility index (Phi) is 7.35. The van der Waals surface area contributed by atoms with E-state index in [-0.39, 0.29) is 5.91 Å². The third kappa shape index (κ3) is 6.49. The van der Waals surface area contributed by atoms with Crippen molar-refractivity contribution in [1.82, 2.24) is 10.3 Å². The minimum Gasteiger partial charge on any atom is -0.464 e. The molecule has 1 heterocycles. The molecule has 7 heteroatoms. The fraction of sp³-hybridized carbons (Fsp3) is 0.417. The number of carbonyl (C=O) groups is 2. The number of esters is 1. The second-order valence-corrected chi connectivity index (χ2v) is 5.90. The van der Waals surface area contributed by atoms with Crippen LogP contribution in [-0.2, 0) is 14.3 Å². The number of hydrogen-bond donors (Lipinski definition) is 1. The second kappa shape index (κ2) is 8.82. The van der Waals surface area contributed by atoms with E-state index in [4.69, 9.17) is 4.74 Å². The molecule has 1 aromatic rings. The van der Waals surface area contributed by atoms with Crippen molar-refractivity contribution in [2.24, 2.45) is 0 Å². The minimum atomic E-state index is -0.626. The number of nitrogens with zero attached hydrogens (tertiary/aromatic N) is 1. The molecule has 0 saturated carbocycles. The summed E-state index contributed by atoms with van der Waals surface area (Å²) >= 11 is 0. The van der Waals surface area contributed by atoms with Gasteiger partial charge in [-0.1, -0.05) is 16.9 Å². The monoisotopic (exact) mass is 300 g/mol. The summed E-state index contributed by atoms with van der Waals surface area (Å²) in [6, 6.07) is 4.99. The Bertz CT molecular complexity index is 415. The van der Waals surface area contributed by atoms with Gasteiger partial charge in [-0.2, -0.15) is 0 Å². The first kappa shape index (κ1) is 15.8. The van der Waals surface area contributed by atoms with E-state index < -0.39 is 12.0 Å². The summed E-state index contributed by atoms with van der Waals surface area (Å²) in [5, 5.41) is 3.44. The van der Waals surface area contributed by atoms with Crippen LogP contribution in [0.25, 0.3) is 0 Å². The lowest BCUT2D eigenvalue weighted by atomic mass is 10.3. The first-order valence-corrected chi connectivity index (χ1v) is 8.09. The van der Waals surface area contributed by atoms with Crippen molar-refractivity contribution in [2.75, 3.05) is 12.4 Å². The first-order chi connectivity index (χ1) is 9.13. The van der Waals surface area contributed by atoms with Gasteiger partial charge in [-0.05, 0) is 29.9 Å². The van der Waals surface area contributed by atoms with Crippen LogP contribution in [0.1, 0.15) is 13.8 Å². The Balaban J connectivity index is 2.44. The molecule has 0 aromatic carbocycles. The lowest BCUT2D eigenvalue weighted by molar-refractivity contribution is -0.146. The lowest BCUT2D eigenvalue weighted by Gasteiger charge is -2.15. The van der Waals surface area contributed by atoms with Crippen LogP contribution >= 0.6 is 21.6 Å². The molecule has 1 aromatic heterocycles. The third-order valence-electron chi connectivity index (χ3n) is 1.97. The van der Waals surface area contributed by atoms with Gasteiger partial charge in [-0.3, -0.25) is 4.79 Å². The topological polar surface area (TPSA) is 68.3 Å². The van der Waals surface area contributed by atoms with E-state index in [0.29, 0.717) is 12.4 Å². The molecule has 0 aliphatic carbocycles. The molecular formula is C12H16N2O3S2. The van der Waals surface area contributed by atoms with Crippen LogP contribution < -0.4 is 5.32 Å². The van der Waals surface area contributed by atoms with Gasteiger partial charge in [0, 0.05) is 18.9 Å². The summed E-state index contributed by atoms with van der Waals surface area (Å²) in [5.41, 5.74) is 0. The molecule has 1 rings (SSSR count). The molecule has 0 fully saturated rings. The van der Waals surface area contributed by atoms with Gasteiger partial charge in [-0.25, -0.2) is 9.78 Å². The first-order valence-electron chi connectivity index (χ1n) is 5.77. The van der Waals surface area contributed by atoms with Crippen LogP contribution in [0.4, 0.5) is 0 Å². The average Bonchev–Trinajstić information content (AvgIpc) is 2.38. The Morgan fingerprint density at radius 1 is 1.47 bits per heavy atom. The van der Waals surface area contributed by atoms with Crippen molar-refractivity contribution in [2.45, 2.75) is 24.9 Å². The Morgan fingerprint density at radius 3 is 2.84 bits per heavy atom. The maximum absolute atomic E-state index is 11.6. The maximum Gasteiger partial charge on any atom is 0.329 e. The number of rotatable bonds is 7. The van der Waals surface area contributed by atoms with Gasteiger partial charge < -0.3 is 10.1 Å². The van der Waals surface area contributed by atoms with Crippen molar-refractivity contribution < 1.29 is 14.3 Å². The summed E-state index contributed by atoms with van der Waals surface area (Å²) in [6.45, 7) is 3.41. The SMILES string of the molecule is CCOC(=O)[C@H](CSSc1ccccn1)NC(C)=O. The van der Waals surface area contributed by atoms with E-state index in [0.717, 1.165) is 5.03 Å². The van der Waals surface area contributed by atoms with Crippen LogP contribution in [-0.4, -0.2) is 35.3 Å². The summed E-state index contributed by atoms with van der Waals surface area (Å²) in [7, 11) is 2.91. The van der Waals surface area contributed by atoms with Gasteiger partial charge >= 0.3 is 5.97 Å². The van der Waals surface area contributed by atoms with Crippen molar-refractivity contribution in [3.63, 3.8) is 0 Å². The number of nitrogens with one attached hydrogen (secondary N) is 1. The molecule has 0 bridgehead atoms. The van der Waals surface area contributed by atoms with Crippen LogP contribution in [0, 0.1) is 0 Å². The molecule has 0 spiro atoms. The maximum atomic E-state index is 11.6. The molecule has 1 N–H and O–H groups in total. The molecule has 0 saturated heterocycles. The zero-order valence-corrected chi connectivity index (χ0v) is 12.4. The van der Waals surface area contributed by atoms with E-state index in [1.165, 1.54) is 28.5 Å². The molecule has 0 radical (unpaired) electrons. The molecule has 1 amide bonds. The summed E-state index contributed by atoms with van der Waals surface area (Å²) in [4.78, 5) is 26.9. The highest BCUT2D eigenvalue weighted by Gasteiger charge is 2.20. The van der Waals surface area contributed by atoms with Crippen molar-refractivity contribution in [3.8, 4) is 0 Å². The standard InChI is InChI=1S/C12H16N2O3S2/c1-3-17-12(16)10(14-9(2)15)8-18-19-11-6-4-5-7-13-11/h4-7,10H,3,8H2,1-2H3,(H,14,15)/t10-/m0/s1. The highest BCUT2D eigenvalue weighted by molar-refractivity contribution is 8.76. The van der Waals surface area contributed by atoms with Gasteiger partial charge in [0.2, 0.25) is 5.91 Å². The van der Waals surface area contributed by atoms with Crippen LogP contribution in [0.5, 0.6) is 0 Å². The van der Waals surface area contributed by atoms with Crippen LogP contribution in [0.15, 0.2) is 29.4 Å². The highest BCUT2D eigenvalue weighted by Crippen LogP contribution is 2.29. The third-order valence-corrected chi connectivity index (χ3v) is 4.24. The van der Waals surface area contributed by atoms with Crippen molar-refractivity contribution in [1.29, 1.82) is 0 Å². The van der Waals surface area contributed by atoms with E-state index >= 15 is 0 Å². The van der Waals surface area contributed by atoms with Gasteiger partial charge in [-0.15, -0.1) is 0 Å². The minimum absolute atomic E-state index is 0.249. The van der Waals surface area contributed by atoms with E-state index in [1.54, 1.807) is 13.1 Å². The number of pyridine rings is 1. The molecule has 1 atom stereocenters. The number of amides is 1. The lowest BCUT2D eigenvalue weighted by Crippen LogP contribution is -2.42. The Hall–Kier alpha value is -1.21. The zero-order chi connectivity index (χ0) is 14.1. The van der Waals surface area contributed by atoms with Crippen LogP contribution in [0.3, 0.4) is 0 Å². The quantitative estimate of drug-likeness (QED) is 0.612.